The lowest BCUT2D eigenvalue weighted by atomic mass is 10.2. The SMILES string of the molecule is C[NH+]1C[C@@H]2C[C@H]1CN2C(=O)c1ccc(C(=O)C(F)(F)F)s1.O=C([O-])C(F)(F)F. The summed E-state index contributed by atoms with van der Waals surface area (Å²) in [5.41, 5.74) is 0. The zero-order chi connectivity index (χ0) is 21.4. The topological polar surface area (TPSA) is 82.0 Å². The number of thiophene rings is 1. The number of ketones is 1. The molecular formula is C15H14F6N2O4S. The van der Waals surface area contributed by atoms with E-state index >= 15 is 0 Å². The predicted octanol–water partition coefficient (Wildman–Crippen LogP) is -0.0969. The first-order valence-corrected chi connectivity index (χ1v) is 8.66. The highest BCUT2D eigenvalue weighted by atomic mass is 32.1. The highest BCUT2D eigenvalue weighted by Gasteiger charge is 2.47. The minimum atomic E-state index is -5.19. The number of hydrogen-bond donors (Lipinski definition) is 1. The molecule has 2 saturated heterocycles. The van der Waals surface area contributed by atoms with Crippen molar-refractivity contribution in [3.05, 3.63) is 21.9 Å². The molecule has 28 heavy (non-hydrogen) atoms. The number of nitrogens with zero attached hydrogens (tertiary/aromatic N) is 1. The first kappa shape index (κ1) is 22.1. The fourth-order valence-electron chi connectivity index (χ4n) is 3.11. The summed E-state index contributed by atoms with van der Waals surface area (Å²) in [6.45, 7) is 1.51. The van der Waals surface area contributed by atoms with Gasteiger partial charge in [0.05, 0.1) is 35.9 Å². The number of carbonyl (C=O) groups excluding carboxylic acids is 3. The van der Waals surface area contributed by atoms with Crippen molar-refractivity contribution >= 4 is 29.0 Å². The molecule has 0 radical (unpaired) electrons. The number of fused-ring (bicyclic) bond motifs is 2. The maximum Gasteiger partial charge on any atom is 0.455 e. The minimum absolute atomic E-state index is 0.159. The fourth-order valence-corrected chi connectivity index (χ4v) is 4.03. The quantitative estimate of drug-likeness (QED) is 0.523. The number of carbonyl (C=O) groups is 3. The number of rotatable bonds is 2. The fraction of sp³-hybridized carbons (Fsp3) is 0.533. The van der Waals surface area contributed by atoms with E-state index in [4.69, 9.17) is 9.90 Å². The minimum Gasteiger partial charge on any atom is -0.542 e. The third-order valence-electron chi connectivity index (χ3n) is 4.46. The van der Waals surface area contributed by atoms with Crippen LogP contribution in [0.2, 0.25) is 0 Å². The maximum atomic E-state index is 12.4. The van der Waals surface area contributed by atoms with E-state index in [1.54, 1.807) is 4.90 Å². The number of piperazine rings is 1. The van der Waals surface area contributed by atoms with Crippen LogP contribution in [0.1, 0.15) is 25.8 Å². The van der Waals surface area contributed by atoms with E-state index in [1.807, 2.05) is 0 Å². The Labute approximate surface area is 158 Å². The van der Waals surface area contributed by atoms with Crippen LogP contribution in [0.25, 0.3) is 0 Å². The van der Waals surface area contributed by atoms with Gasteiger partial charge in [-0.05, 0) is 12.1 Å². The van der Waals surface area contributed by atoms with Gasteiger partial charge in [-0.1, -0.05) is 0 Å². The number of carboxylic acids is 1. The molecule has 2 aliphatic rings. The first-order chi connectivity index (χ1) is 12.7. The predicted molar refractivity (Wildman–Crippen MR) is 80.7 cm³/mol. The Bertz CT molecular complexity index is 773. The number of alkyl halides is 6. The van der Waals surface area contributed by atoms with Crippen molar-refractivity contribution in [2.24, 2.45) is 0 Å². The van der Waals surface area contributed by atoms with Crippen molar-refractivity contribution in [1.82, 2.24) is 4.90 Å². The highest BCUT2D eigenvalue weighted by molar-refractivity contribution is 7.16. The van der Waals surface area contributed by atoms with E-state index in [0.717, 1.165) is 19.0 Å². The van der Waals surface area contributed by atoms with Gasteiger partial charge in [-0.15, -0.1) is 11.3 Å². The zero-order valence-electron chi connectivity index (χ0n) is 14.2. The smallest absolute Gasteiger partial charge is 0.455 e. The maximum absolute atomic E-state index is 12.4. The number of amides is 1. The third kappa shape index (κ3) is 4.82. The molecule has 6 nitrogen and oxygen atoms in total. The summed E-state index contributed by atoms with van der Waals surface area (Å²) in [5, 5.41) is 8.78. The van der Waals surface area contributed by atoms with Gasteiger partial charge in [0.15, 0.2) is 0 Å². The number of Topliss-reactive ketones (excluding diaryl/α,β-unsaturated/α-hetero) is 1. The molecule has 2 aliphatic heterocycles. The first-order valence-electron chi connectivity index (χ1n) is 7.84. The largest absolute Gasteiger partial charge is 0.542 e. The van der Waals surface area contributed by atoms with Crippen LogP contribution in [0.3, 0.4) is 0 Å². The number of quaternary nitrogens is 1. The van der Waals surface area contributed by atoms with Crippen LogP contribution in [0, 0.1) is 0 Å². The molecule has 1 N–H and O–H groups in total. The number of hydrogen-bond acceptors (Lipinski definition) is 5. The molecule has 2 fully saturated rings. The van der Waals surface area contributed by atoms with Crippen LogP contribution >= 0.6 is 11.3 Å². The molecule has 3 heterocycles. The van der Waals surface area contributed by atoms with Crippen LogP contribution in [0.15, 0.2) is 12.1 Å². The van der Waals surface area contributed by atoms with Gasteiger partial charge in [0.25, 0.3) is 11.7 Å². The molecule has 13 heteroatoms. The molecule has 156 valence electrons. The highest BCUT2D eigenvalue weighted by Crippen LogP contribution is 2.29. The summed E-state index contributed by atoms with van der Waals surface area (Å²) >= 11 is 0.623. The molecule has 1 aromatic heterocycles. The molecule has 3 rings (SSSR count). The second-order valence-electron chi connectivity index (χ2n) is 6.37. The lowest BCUT2D eigenvalue weighted by molar-refractivity contribution is -0.896. The summed E-state index contributed by atoms with van der Waals surface area (Å²) in [6.07, 6.45) is -9.15. The molecule has 0 aromatic carbocycles. The van der Waals surface area contributed by atoms with E-state index in [-0.39, 0.29) is 16.8 Å². The van der Waals surface area contributed by atoms with E-state index < -0.39 is 29.0 Å². The van der Waals surface area contributed by atoms with Crippen molar-refractivity contribution in [2.75, 3.05) is 20.1 Å². The Kier molecular flexibility index (Phi) is 6.09. The molecule has 0 aliphatic carbocycles. The van der Waals surface area contributed by atoms with Crippen molar-refractivity contribution in [1.29, 1.82) is 0 Å². The molecular weight excluding hydrogens is 418 g/mol. The van der Waals surface area contributed by atoms with Gasteiger partial charge >= 0.3 is 12.4 Å². The van der Waals surface area contributed by atoms with Crippen molar-refractivity contribution < 1.29 is 50.7 Å². The average molecular weight is 432 g/mol. The Balaban J connectivity index is 0.000000345. The van der Waals surface area contributed by atoms with Gasteiger partial charge in [0, 0.05) is 6.42 Å². The summed E-state index contributed by atoms with van der Waals surface area (Å²) in [5.74, 6) is -5.16. The Morgan fingerprint density at radius 3 is 2.04 bits per heavy atom. The summed E-state index contributed by atoms with van der Waals surface area (Å²) in [4.78, 5) is 35.2. The van der Waals surface area contributed by atoms with E-state index in [9.17, 15) is 35.9 Å². The summed E-state index contributed by atoms with van der Waals surface area (Å²) < 4.78 is 68.7. The van der Waals surface area contributed by atoms with Gasteiger partial charge in [0.2, 0.25) is 0 Å². The number of likely N-dealkylation sites (tertiary alicyclic amines) is 2. The van der Waals surface area contributed by atoms with Crippen LogP contribution in [-0.4, -0.2) is 67.1 Å². The Morgan fingerprint density at radius 2 is 1.64 bits per heavy atom. The van der Waals surface area contributed by atoms with Crippen molar-refractivity contribution in [3.8, 4) is 0 Å². The molecule has 3 atom stereocenters. The molecule has 1 amide bonds. The van der Waals surface area contributed by atoms with Crippen molar-refractivity contribution in [2.45, 2.75) is 30.9 Å². The molecule has 0 spiro atoms. The normalized spacial score (nSPS) is 24.0. The Hall–Kier alpha value is -2.15. The standard InChI is InChI=1S/C13H13F3N2O2S.C2HF3O2/c1-17-5-8-4-7(17)6-18(8)12(20)10-3-2-9(21-10)11(19)13(14,15)16;3-2(4,5)1(6)7/h2-3,7-8H,4-6H2,1H3;(H,6,7)/t7-,8-;/m0./s1. The summed E-state index contributed by atoms with van der Waals surface area (Å²) in [6, 6.07) is 2.97. The second kappa shape index (κ2) is 7.70. The van der Waals surface area contributed by atoms with Crippen LogP contribution in [0.5, 0.6) is 0 Å². The van der Waals surface area contributed by atoms with Crippen LogP contribution in [-0.2, 0) is 4.79 Å². The molecule has 0 saturated carbocycles. The van der Waals surface area contributed by atoms with Crippen LogP contribution < -0.4 is 10.0 Å². The third-order valence-corrected chi connectivity index (χ3v) is 5.53. The van der Waals surface area contributed by atoms with Gasteiger partial charge < -0.3 is 19.7 Å². The van der Waals surface area contributed by atoms with Gasteiger partial charge in [-0.2, -0.15) is 26.3 Å². The number of carboxylic acid groups (broad SMARTS) is 1. The van der Waals surface area contributed by atoms with E-state index in [0.29, 0.717) is 23.9 Å². The second-order valence-corrected chi connectivity index (χ2v) is 7.45. The monoisotopic (exact) mass is 432 g/mol. The number of halogens is 6. The zero-order valence-corrected chi connectivity index (χ0v) is 15.0. The van der Waals surface area contributed by atoms with Gasteiger partial charge in [-0.3, -0.25) is 9.59 Å². The molecule has 1 aromatic rings. The van der Waals surface area contributed by atoms with Crippen molar-refractivity contribution in [3.63, 3.8) is 0 Å². The number of likely N-dealkylation sites (N-methyl/N-ethyl adjacent to an activating group) is 1. The Morgan fingerprint density at radius 1 is 1.11 bits per heavy atom. The number of aliphatic carboxylic acids is 1. The van der Waals surface area contributed by atoms with E-state index in [2.05, 4.69) is 7.05 Å². The van der Waals surface area contributed by atoms with E-state index in [1.165, 1.54) is 11.0 Å². The van der Waals surface area contributed by atoms with Gasteiger partial charge in [0.1, 0.15) is 12.0 Å². The molecule has 2 bridgehead atoms. The van der Waals surface area contributed by atoms with Crippen LogP contribution in [0.4, 0.5) is 26.3 Å². The van der Waals surface area contributed by atoms with Gasteiger partial charge in [-0.25, -0.2) is 0 Å². The number of nitrogens with one attached hydrogen (secondary N) is 1. The lowest BCUT2D eigenvalue weighted by Gasteiger charge is -2.29. The average Bonchev–Trinajstić information content (AvgIpc) is 3.27. The molecule has 1 unspecified atom stereocenters. The summed E-state index contributed by atoms with van der Waals surface area (Å²) in [7, 11) is 2.08. The lowest BCUT2D eigenvalue weighted by Crippen LogP contribution is -3.13.